The maximum atomic E-state index is 10.9. The van der Waals surface area contributed by atoms with Crippen LogP contribution in [0, 0.1) is 0 Å². The fourth-order valence-corrected chi connectivity index (χ4v) is 1.37. The lowest BCUT2D eigenvalue weighted by molar-refractivity contribution is 0.0242. The van der Waals surface area contributed by atoms with Gasteiger partial charge in [-0.25, -0.2) is 9.78 Å². The molecule has 0 saturated heterocycles. The van der Waals surface area contributed by atoms with Crippen LogP contribution in [0.5, 0.6) is 0 Å². The van der Waals surface area contributed by atoms with Crippen LogP contribution in [0.3, 0.4) is 0 Å². The van der Waals surface area contributed by atoms with Gasteiger partial charge in [-0.05, 0) is 6.07 Å². The van der Waals surface area contributed by atoms with Crippen molar-refractivity contribution in [1.29, 1.82) is 0 Å². The summed E-state index contributed by atoms with van der Waals surface area (Å²) in [5.74, 6) is -0.617. The normalized spacial score (nSPS) is 15.2. The number of hydrogen-bond donors (Lipinski definition) is 4. The molecule has 2 unspecified atom stereocenters. The van der Waals surface area contributed by atoms with E-state index in [1.165, 1.54) is 12.3 Å². The average molecular weight is 225 g/mol. The molecule has 2 rings (SSSR count). The first-order valence-corrected chi connectivity index (χ1v) is 4.67. The first kappa shape index (κ1) is 10.8. The van der Waals surface area contributed by atoms with Crippen LogP contribution >= 0.6 is 0 Å². The first-order chi connectivity index (χ1) is 7.61. The first-order valence-electron chi connectivity index (χ1n) is 4.67. The third kappa shape index (κ3) is 1.83. The summed E-state index contributed by atoms with van der Waals surface area (Å²) in [6.07, 6.45) is -0.885. The monoisotopic (exact) mass is 225 g/mol. The Morgan fingerprint density at radius 1 is 1.56 bits per heavy atom. The van der Waals surface area contributed by atoms with Gasteiger partial charge >= 0.3 is 5.76 Å². The molecule has 0 bridgehead atoms. The van der Waals surface area contributed by atoms with E-state index in [1.54, 1.807) is 0 Å². The van der Waals surface area contributed by atoms with Crippen LogP contribution in [0.15, 0.2) is 21.5 Å². The molecule has 0 fully saturated rings. The predicted octanol–water partition coefficient (Wildman–Crippen LogP) is -1.13. The highest BCUT2D eigenvalue weighted by Gasteiger charge is 2.18. The number of hydrogen-bond acceptors (Lipinski definition) is 6. The Balaban J connectivity index is 2.42. The molecule has 2 aromatic rings. The lowest BCUT2D eigenvalue weighted by Gasteiger charge is -2.15. The van der Waals surface area contributed by atoms with Crippen molar-refractivity contribution in [2.45, 2.75) is 12.2 Å². The van der Waals surface area contributed by atoms with Crippen molar-refractivity contribution < 1.29 is 14.6 Å². The molecule has 7 nitrogen and oxygen atoms in total. The summed E-state index contributed by atoms with van der Waals surface area (Å²) in [4.78, 5) is 17.1. The number of H-pyrrole nitrogens is 1. The van der Waals surface area contributed by atoms with Crippen LogP contribution < -0.4 is 11.5 Å². The minimum atomic E-state index is -1.15. The van der Waals surface area contributed by atoms with Crippen LogP contribution in [0.25, 0.3) is 11.2 Å². The van der Waals surface area contributed by atoms with Gasteiger partial charge in [-0.2, -0.15) is 0 Å². The third-order valence-corrected chi connectivity index (χ3v) is 2.24. The Morgan fingerprint density at radius 2 is 2.31 bits per heavy atom. The van der Waals surface area contributed by atoms with Gasteiger partial charge in [0.2, 0.25) is 0 Å². The summed E-state index contributed by atoms with van der Waals surface area (Å²) in [5, 5.41) is 19.0. The summed E-state index contributed by atoms with van der Waals surface area (Å²) < 4.78 is 4.77. The smallest absolute Gasteiger partial charge is 0.406 e. The fraction of sp³-hybridized carbons (Fsp3) is 0.333. The maximum absolute atomic E-state index is 10.9. The van der Waals surface area contributed by atoms with Gasteiger partial charge in [0.1, 0.15) is 6.10 Å². The number of nitrogens with one attached hydrogen (secondary N) is 1. The SMILES string of the molecule is NCC(O)C(O)c1cnc2[nH]c(=O)oc2c1. The molecule has 2 heterocycles. The van der Waals surface area contributed by atoms with E-state index < -0.39 is 18.0 Å². The molecular formula is C9H11N3O4. The zero-order chi connectivity index (χ0) is 11.7. The molecule has 7 heteroatoms. The Morgan fingerprint density at radius 3 is 3.00 bits per heavy atom. The van der Waals surface area contributed by atoms with Gasteiger partial charge in [0.25, 0.3) is 0 Å². The number of aromatic nitrogens is 2. The van der Waals surface area contributed by atoms with Crippen LogP contribution in [0.1, 0.15) is 11.7 Å². The topological polar surface area (TPSA) is 125 Å². The minimum Gasteiger partial charge on any atom is -0.406 e. The highest BCUT2D eigenvalue weighted by Crippen LogP contribution is 2.18. The van der Waals surface area contributed by atoms with Crippen LogP contribution in [0.2, 0.25) is 0 Å². The number of pyridine rings is 1. The van der Waals surface area contributed by atoms with E-state index >= 15 is 0 Å². The van der Waals surface area contributed by atoms with E-state index in [-0.39, 0.29) is 12.1 Å². The van der Waals surface area contributed by atoms with E-state index in [2.05, 4.69) is 9.97 Å². The van der Waals surface area contributed by atoms with Crippen molar-refractivity contribution >= 4 is 11.2 Å². The number of aliphatic hydroxyl groups excluding tert-OH is 2. The molecule has 0 aliphatic heterocycles. The fourth-order valence-electron chi connectivity index (χ4n) is 1.37. The maximum Gasteiger partial charge on any atom is 0.418 e. The van der Waals surface area contributed by atoms with Crippen molar-refractivity contribution in [2.75, 3.05) is 6.54 Å². The van der Waals surface area contributed by atoms with Crippen LogP contribution in [-0.2, 0) is 0 Å². The summed E-state index contributed by atoms with van der Waals surface area (Å²) in [6.45, 7) is -0.0731. The van der Waals surface area contributed by atoms with E-state index in [0.717, 1.165) is 0 Å². The molecule has 0 aliphatic rings. The van der Waals surface area contributed by atoms with Gasteiger partial charge in [-0.15, -0.1) is 0 Å². The molecule has 2 aromatic heterocycles. The number of nitrogens with zero attached hydrogens (tertiary/aromatic N) is 1. The van der Waals surface area contributed by atoms with Gasteiger partial charge in [0, 0.05) is 18.3 Å². The van der Waals surface area contributed by atoms with E-state index in [4.69, 9.17) is 10.2 Å². The highest BCUT2D eigenvalue weighted by atomic mass is 16.4. The lowest BCUT2D eigenvalue weighted by Crippen LogP contribution is -2.27. The minimum absolute atomic E-state index is 0.0731. The predicted molar refractivity (Wildman–Crippen MR) is 54.7 cm³/mol. The van der Waals surface area contributed by atoms with Crippen molar-refractivity contribution in [2.24, 2.45) is 5.73 Å². The van der Waals surface area contributed by atoms with Crippen molar-refractivity contribution in [3.63, 3.8) is 0 Å². The van der Waals surface area contributed by atoms with E-state index in [9.17, 15) is 15.0 Å². The molecule has 0 saturated carbocycles. The number of oxazole rings is 1. The van der Waals surface area contributed by atoms with E-state index in [0.29, 0.717) is 11.2 Å². The van der Waals surface area contributed by atoms with Crippen molar-refractivity contribution in [3.8, 4) is 0 Å². The number of aromatic amines is 1. The standard InChI is InChI=1S/C9H11N3O4/c10-2-5(13)7(14)4-1-6-8(11-3-4)12-9(15)16-6/h1,3,5,7,13-14H,2,10H2,(H,11,12,15). The second-order valence-electron chi connectivity index (χ2n) is 3.38. The molecule has 0 amide bonds. The molecule has 0 spiro atoms. The molecule has 0 aliphatic carbocycles. The number of rotatable bonds is 3. The Kier molecular flexibility index (Phi) is 2.73. The van der Waals surface area contributed by atoms with E-state index in [1.807, 2.05) is 0 Å². The molecule has 86 valence electrons. The third-order valence-electron chi connectivity index (χ3n) is 2.24. The van der Waals surface area contributed by atoms with Gasteiger partial charge in [-0.3, -0.25) is 4.98 Å². The van der Waals surface area contributed by atoms with Crippen molar-refractivity contribution in [3.05, 3.63) is 28.4 Å². The molecule has 16 heavy (non-hydrogen) atoms. The number of fused-ring (bicyclic) bond motifs is 1. The lowest BCUT2D eigenvalue weighted by atomic mass is 10.1. The summed E-state index contributed by atoms with van der Waals surface area (Å²) in [6, 6.07) is 1.43. The van der Waals surface area contributed by atoms with Gasteiger partial charge in [0.15, 0.2) is 11.2 Å². The molecule has 0 radical (unpaired) electrons. The second-order valence-corrected chi connectivity index (χ2v) is 3.38. The molecule has 5 N–H and O–H groups in total. The zero-order valence-corrected chi connectivity index (χ0v) is 8.25. The Hall–Kier alpha value is -1.70. The van der Waals surface area contributed by atoms with Gasteiger partial charge in [-0.1, -0.05) is 0 Å². The molecule has 2 atom stereocenters. The quantitative estimate of drug-likeness (QED) is 0.523. The summed E-state index contributed by atoms with van der Waals surface area (Å²) in [5.41, 5.74) is 6.08. The highest BCUT2D eigenvalue weighted by molar-refractivity contribution is 5.67. The largest absolute Gasteiger partial charge is 0.418 e. The summed E-state index contributed by atoms with van der Waals surface area (Å²) in [7, 11) is 0. The van der Waals surface area contributed by atoms with Crippen LogP contribution in [0.4, 0.5) is 0 Å². The average Bonchev–Trinajstić information content (AvgIpc) is 2.65. The van der Waals surface area contributed by atoms with Gasteiger partial charge in [0.05, 0.1) is 6.10 Å². The number of nitrogens with two attached hydrogens (primary N) is 1. The Labute approximate surface area is 89.5 Å². The second kappa shape index (κ2) is 4.05. The zero-order valence-electron chi connectivity index (χ0n) is 8.25. The van der Waals surface area contributed by atoms with Gasteiger partial charge < -0.3 is 20.4 Å². The molecule has 0 aromatic carbocycles. The molecular weight excluding hydrogens is 214 g/mol. The van der Waals surface area contributed by atoms with Crippen LogP contribution in [-0.4, -0.2) is 32.8 Å². The summed E-state index contributed by atoms with van der Waals surface area (Å²) >= 11 is 0. The number of aliphatic hydroxyl groups is 2. The Bertz CT molecular complexity index is 547. The van der Waals surface area contributed by atoms with Crippen molar-refractivity contribution in [1.82, 2.24) is 9.97 Å².